The second-order valence-corrected chi connectivity index (χ2v) is 8.44. The van der Waals surface area contributed by atoms with Gasteiger partial charge in [-0.2, -0.15) is 0 Å². The minimum atomic E-state index is 0.0154. The van der Waals surface area contributed by atoms with Gasteiger partial charge in [0.05, 0.1) is 10.2 Å². The lowest BCUT2D eigenvalue weighted by Crippen LogP contribution is -2.43. The van der Waals surface area contributed by atoms with Crippen LogP contribution in [0.15, 0.2) is 66.7 Å². The highest BCUT2D eigenvalue weighted by Gasteiger charge is 2.25. The van der Waals surface area contributed by atoms with Gasteiger partial charge in [-0.1, -0.05) is 53.8 Å². The van der Waals surface area contributed by atoms with Crippen LogP contribution >= 0.6 is 11.3 Å². The number of benzene rings is 3. The summed E-state index contributed by atoms with van der Waals surface area (Å²) in [5.41, 5.74) is 0.968. The molecule has 0 N–H and O–H groups in total. The molecule has 0 radical (unpaired) electrons. The third-order valence-electron chi connectivity index (χ3n) is 5.42. The van der Waals surface area contributed by atoms with Crippen molar-refractivity contribution in [2.45, 2.75) is 18.9 Å². The number of piperidine rings is 1. The zero-order valence-corrected chi connectivity index (χ0v) is 17.3. The third-order valence-corrected chi connectivity index (χ3v) is 6.35. The molecule has 1 aromatic heterocycles. The Morgan fingerprint density at radius 1 is 1.00 bits per heavy atom. The number of amides is 1. The molecule has 5 nitrogen and oxygen atoms in total. The van der Waals surface area contributed by atoms with E-state index in [2.05, 4.69) is 17.1 Å². The molecule has 152 valence electrons. The van der Waals surface area contributed by atoms with Gasteiger partial charge in [0.2, 0.25) is 0 Å². The van der Waals surface area contributed by atoms with Crippen LogP contribution in [0.2, 0.25) is 0 Å². The smallest absolute Gasteiger partial charge is 0.274 e. The SMILES string of the molecule is O=C(COc1ccc2ccccc2c1)N1CCC(Oc2nc3ccccc3s2)CC1. The molecule has 1 aliphatic rings. The molecule has 2 heterocycles. The van der Waals surface area contributed by atoms with Crippen LogP contribution < -0.4 is 9.47 Å². The van der Waals surface area contributed by atoms with Gasteiger partial charge in [-0.3, -0.25) is 4.79 Å². The van der Waals surface area contributed by atoms with Crippen LogP contribution in [0, 0.1) is 0 Å². The Morgan fingerprint density at radius 2 is 1.77 bits per heavy atom. The molecule has 4 aromatic rings. The summed E-state index contributed by atoms with van der Waals surface area (Å²) in [4.78, 5) is 19.0. The minimum absolute atomic E-state index is 0.0154. The average Bonchev–Trinajstić information content (AvgIpc) is 3.20. The largest absolute Gasteiger partial charge is 0.484 e. The summed E-state index contributed by atoms with van der Waals surface area (Å²) in [5, 5.41) is 2.97. The lowest BCUT2D eigenvalue weighted by atomic mass is 10.1. The first-order valence-electron chi connectivity index (χ1n) is 10.2. The Hall–Kier alpha value is -3.12. The fraction of sp³-hybridized carbons (Fsp3) is 0.250. The molecule has 0 atom stereocenters. The number of rotatable bonds is 5. The summed E-state index contributed by atoms with van der Waals surface area (Å²) in [7, 11) is 0. The van der Waals surface area contributed by atoms with Gasteiger partial charge in [-0.25, -0.2) is 4.98 Å². The summed E-state index contributed by atoms with van der Waals surface area (Å²) in [6.07, 6.45) is 1.70. The topological polar surface area (TPSA) is 51.7 Å². The molecule has 1 amide bonds. The first-order valence-corrected chi connectivity index (χ1v) is 11.0. The standard InChI is InChI=1S/C24H22N2O3S/c27-23(16-28-20-10-9-17-5-1-2-6-18(17)15-20)26-13-11-19(12-14-26)29-24-25-21-7-3-4-8-22(21)30-24/h1-10,15,19H,11-14,16H2. The molecule has 0 saturated carbocycles. The number of likely N-dealkylation sites (tertiary alicyclic amines) is 1. The molecule has 0 spiro atoms. The van der Waals surface area contributed by atoms with Crippen molar-refractivity contribution in [2.24, 2.45) is 0 Å². The van der Waals surface area contributed by atoms with Crippen molar-refractivity contribution in [2.75, 3.05) is 19.7 Å². The number of hydrogen-bond donors (Lipinski definition) is 0. The highest BCUT2D eigenvalue weighted by atomic mass is 32.1. The van der Waals surface area contributed by atoms with Crippen LogP contribution in [0.1, 0.15) is 12.8 Å². The van der Waals surface area contributed by atoms with Crippen LogP contribution in [0.3, 0.4) is 0 Å². The van der Waals surface area contributed by atoms with E-state index in [1.54, 1.807) is 11.3 Å². The normalized spacial score (nSPS) is 14.9. The predicted molar refractivity (Wildman–Crippen MR) is 119 cm³/mol. The molecule has 0 bridgehead atoms. The maximum Gasteiger partial charge on any atom is 0.274 e. The van der Waals surface area contributed by atoms with Gasteiger partial charge in [0.25, 0.3) is 11.1 Å². The van der Waals surface area contributed by atoms with Crippen molar-refractivity contribution in [3.05, 3.63) is 66.7 Å². The summed E-state index contributed by atoms with van der Waals surface area (Å²) in [6, 6.07) is 22.0. The maximum atomic E-state index is 12.6. The van der Waals surface area contributed by atoms with Crippen LogP contribution in [-0.2, 0) is 4.79 Å². The Kier molecular flexibility index (Phi) is 5.24. The quantitative estimate of drug-likeness (QED) is 0.463. The summed E-state index contributed by atoms with van der Waals surface area (Å²) < 4.78 is 13.0. The van der Waals surface area contributed by atoms with Gasteiger partial charge >= 0.3 is 0 Å². The van der Waals surface area contributed by atoms with Crippen molar-refractivity contribution in [1.29, 1.82) is 0 Å². The zero-order chi connectivity index (χ0) is 20.3. The molecular weight excluding hydrogens is 396 g/mol. The van der Waals surface area contributed by atoms with E-state index in [1.807, 2.05) is 59.5 Å². The maximum absolute atomic E-state index is 12.6. The molecule has 1 fully saturated rings. The first kappa shape index (κ1) is 18.9. The van der Waals surface area contributed by atoms with Gasteiger partial charge in [0.1, 0.15) is 11.9 Å². The van der Waals surface area contributed by atoms with Gasteiger partial charge in [0, 0.05) is 25.9 Å². The van der Waals surface area contributed by atoms with Crippen LogP contribution in [-0.4, -0.2) is 41.6 Å². The molecule has 1 aliphatic heterocycles. The molecule has 0 aliphatic carbocycles. The van der Waals surface area contributed by atoms with Crippen molar-refractivity contribution in [1.82, 2.24) is 9.88 Å². The fourth-order valence-electron chi connectivity index (χ4n) is 3.76. The second-order valence-electron chi connectivity index (χ2n) is 7.44. The molecule has 0 unspecified atom stereocenters. The van der Waals surface area contributed by atoms with Gasteiger partial charge in [-0.05, 0) is 35.0 Å². The number of thiazole rings is 1. The van der Waals surface area contributed by atoms with E-state index in [0.717, 1.165) is 39.6 Å². The number of fused-ring (bicyclic) bond motifs is 2. The Morgan fingerprint density at radius 3 is 2.60 bits per heavy atom. The van der Waals surface area contributed by atoms with Crippen LogP contribution in [0.5, 0.6) is 10.9 Å². The summed E-state index contributed by atoms with van der Waals surface area (Å²) >= 11 is 1.57. The van der Waals surface area contributed by atoms with E-state index in [0.29, 0.717) is 18.3 Å². The highest BCUT2D eigenvalue weighted by molar-refractivity contribution is 7.20. The Bertz CT molecular complexity index is 1150. The van der Waals surface area contributed by atoms with Crippen molar-refractivity contribution >= 4 is 38.2 Å². The minimum Gasteiger partial charge on any atom is -0.484 e. The van der Waals surface area contributed by atoms with Crippen LogP contribution in [0.4, 0.5) is 0 Å². The number of carbonyl (C=O) groups is 1. The van der Waals surface area contributed by atoms with E-state index in [-0.39, 0.29) is 18.6 Å². The highest BCUT2D eigenvalue weighted by Crippen LogP contribution is 2.29. The van der Waals surface area contributed by atoms with E-state index in [1.165, 1.54) is 0 Å². The second kappa shape index (κ2) is 8.32. The summed E-state index contributed by atoms with van der Waals surface area (Å²) in [5.74, 6) is 0.734. The summed E-state index contributed by atoms with van der Waals surface area (Å²) in [6.45, 7) is 1.41. The molecule has 3 aromatic carbocycles. The molecule has 30 heavy (non-hydrogen) atoms. The number of ether oxygens (including phenoxy) is 2. The third kappa shape index (κ3) is 4.09. The number of hydrogen-bond acceptors (Lipinski definition) is 5. The van der Waals surface area contributed by atoms with Crippen molar-refractivity contribution in [3.8, 4) is 10.9 Å². The van der Waals surface area contributed by atoms with Gasteiger partial charge in [0.15, 0.2) is 6.61 Å². The molecule has 6 heteroatoms. The average molecular weight is 419 g/mol. The van der Waals surface area contributed by atoms with Crippen LogP contribution in [0.25, 0.3) is 21.0 Å². The number of aromatic nitrogens is 1. The number of nitrogens with zero attached hydrogens (tertiary/aromatic N) is 2. The van der Waals surface area contributed by atoms with E-state index >= 15 is 0 Å². The molecule has 5 rings (SSSR count). The Labute approximate surface area is 178 Å². The first-order chi connectivity index (χ1) is 14.7. The van der Waals surface area contributed by atoms with Gasteiger partial charge < -0.3 is 14.4 Å². The van der Waals surface area contributed by atoms with E-state index < -0.39 is 0 Å². The fourth-order valence-corrected chi connectivity index (χ4v) is 4.64. The monoisotopic (exact) mass is 418 g/mol. The Balaban J connectivity index is 1.12. The molecule has 1 saturated heterocycles. The van der Waals surface area contributed by atoms with Crippen molar-refractivity contribution < 1.29 is 14.3 Å². The number of para-hydroxylation sites is 1. The number of carbonyl (C=O) groups excluding carboxylic acids is 1. The van der Waals surface area contributed by atoms with E-state index in [4.69, 9.17) is 9.47 Å². The molecular formula is C24H22N2O3S. The predicted octanol–water partition coefficient (Wildman–Crippen LogP) is 4.90. The zero-order valence-electron chi connectivity index (χ0n) is 16.5. The lowest BCUT2D eigenvalue weighted by Gasteiger charge is -2.31. The van der Waals surface area contributed by atoms with Crippen molar-refractivity contribution in [3.63, 3.8) is 0 Å². The van der Waals surface area contributed by atoms with E-state index in [9.17, 15) is 4.79 Å². The lowest BCUT2D eigenvalue weighted by molar-refractivity contribution is -0.135. The van der Waals surface area contributed by atoms with Gasteiger partial charge in [-0.15, -0.1) is 0 Å².